The molecule has 3 nitrogen and oxygen atoms in total. The van der Waals surface area contributed by atoms with Crippen molar-refractivity contribution in [2.24, 2.45) is 17.6 Å². The third kappa shape index (κ3) is 3.65. The molecule has 1 atom stereocenters. The van der Waals surface area contributed by atoms with Crippen molar-refractivity contribution >= 4 is 40.4 Å². The van der Waals surface area contributed by atoms with Gasteiger partial charge in [-0.25, -0.2) is 4.39 Å². The van der Waals surface area contributed by atoms with E-state index in [-0.39, 0.29) is 16.6 Å². The number of carbonyl (C=O) groups is 1. The first-order chi connectivity index (χ1) is 8.32. The van der Waals surface area contributed by atoms with Crippen molar-refractivity contribution < 1.29 is 9.18 Å². The minimum absolute atomic E-state index is 0.0226. The predicted octanol–water partition coefficient (Wildman–Crippen LogP) is 2.98. The van der Waals surface area contributed by atoms with Crippen molar-refractivity contribution in [2.45, 2.75) is 13.8 Å². The largest absolute Gasteiger partial charge is 0.393 e. The van der Waals surface area contributed by atoms with Crippen LogP contribution in [0.4, 0.5) is 10.1 Å². The molecule has 3 N–H and O–H groups in total. The maximum absolute atomic E-state index is 13.5. The van der Waals surface area contributed by atoms with Gasteiger partial charge < -0.3 is 11.1 Å². The monoisotopic (exact) mass is 288 g/mol. The maximum atomic E-state index is 13.5. The van der Waals surface area contributed by atoms with E-state index in [0.29, 0.717) is 5.02 Å². The van der Waals surface area contributed by atoms with Gasteiger partial charge in [-0.05, 0) is 24.1 Å². The first-order valence-corrected chi connectivity index (χ1v) is 6.16. The quantitative estimate of drug-likeness (QED) is 0.838. The minimum Gasteiger partial charge on any atom is -0.393 e. The van der Waals surface area contributed by atoms with Crippen LogP contribution in [0.1, 0.15) is 13.8 Å². The number of rotatable bonds is 4. The molecule has 0 saturated carbocycles. The fraction of sp³-hybridized carbons (Fsp3) is 0.333. The highest BCUT2D eigenvalue weighted by molar-refractivity contribution is 7.80. The Morgan fingerprint density at radius 3 is 2.61 bits per heavy atom. The molecule has 1 aromatic rings. The summed E-state index contributed by atoms with van der Waals surface area (Å²) in [4.78, 5) is 12.1. The lowest BCUT2D eigenvalue weighted by Gasteiger charge is -2.19. The second-order valence-electron chi connectivity index (χ2n) is 4.24. The van der Waals surface area contributed by atoms with Crippen LogP contribution in [0, 0.1) is 17.7 Å². The number of anilines is 1. The smallest absolute Gasteiger partial charge is 0.234 e. The van der Waals surface area contributed by atoms with Crippen LogP contribution in [-0.4, -0.2) is 10.9 Å². The minimum atomic E-state index is -0.640. The van der Waals surface area contributed by atoms with E-state index in [1.165, 1.54) is 18.2 Å². The maximum Gasteiger partial charge on any atom is 0.234 e. The molecule has 0 aromatic heterocycles. The van der Waals surface area contributed by atoms with Crippen LogP contribution < -0.4 is 11.1 Å². The Labute approximate surface area is 115 Å². The van der Waals surface area contributed by atoms with Crippen LogP contribution >= 0.6 is 23.8 Å². The fourth-order valence-corrected chi connectivity index (χ4v) is 2.12. The molecule has 0 aliphatic rings. The molecule has 0 aliphatic heterocycles. The normalized spacial score (nSPS) is 12.3. The van der Waals surface area contributed by atoms with Crippen molar-refractivity contribution in [2.75, 3.05) is 5.32 Å². The van der Waals surface area contributed by atoms with Crippen molar-refractivity contribution in [1.82, 2.24) is 0 Å². The second-order valence-corrected chi connectivity index (χ2v) is 5.15. The molecule has 1 unspecified atom stereocenters. The van der Waals surface area contributed by atoms with Gasteiger partial charge >= 0.3 is 0 Å². The Hall–Kier alpha value is -1.20. The Balaban J connectivity index is 2.92. The summed E-state index contributed by atoms with van der Waals surface area (Å²) in [5, 5.41) is 2.78. The molecule has 18 heavy (non-hydrogen) atoms. The highest BCUT2D eigenvalue weighted by atomic mass is 35.5. The molecule has 0 aliphatic carbocycles. The zero-order valence-electron chi connectivity index (χ0n) is 10.0. The van der Waals surface area contributed by atoms with Gasteiger partial charge in [0.2, 0.25) is 5.91 Å². The Kier molecular flexibility index (Phi) is 5.04. The summed E-state index contributed by atoms with van der Waals surface area (Å²) in [6.45, 7) is 3.63. The average molecular weight is 289 g/mol. The number of hydrogen-bond acceptors (Lipinski definition) is 2. The van der Waals surface area contributed by atoms with E-state index in [4.69, 9.17) is 29.6 Å². The van der Waals surface area contributed by atoms with E-state index in [0.717, 1.165) is 0 Å². The molecule has 1 aromatic carbocycles. The van der Waals surface area contributed by atoms with Crippen molar-refractivity contribution in [3.63, 3.8) is 0 Å². The molecule has 98 valence electrons. The molecule has 0 spiro atoms. The average Bonchev–Trinajstić information content (AvgIpc) is 2.22. The SMILES string of the molecule is CC(C)C(C(=O)Nc1cc(Cl)ccc1F)C(N)=S. The van der Waals surface area contributed by atoms with Gasteiger partial charge in [-0.2, -0.15) is 0 Å². The van der Waals surface area contributed by atoms with Gasteiger partial charge in [-0.15, -0.1) is 0 Å². The molecule has 1 rings (SSSR count). The lowest BCUT2D eigenvalue weighted by molar-refractivity contribution is -0.118. The highest BCUT2D eigenvalue weighted by Crippen LogP contribution is 2.21. The Bertz CT molecular complexity index is 479. The van der Waals surface area contributed by atoms with E-state index in [9.17, 15) is 9.18 Å². The number of nitrogens with two attached hydrogens (primary N) is 1. The second kappa shape index (κ2) is 6.11. The third-order valence-corrected chi connectivity index (χ3v) is 2.93. The lowest BCUT2D eigenvalue weighted by atomic mass is 9.95. The van der Waals surface area contributed by atoms with E-state index in [1.807, 2.05) is 13.8 Å². The van der Waals surface area contributed by atoms with Crippen molar-refractivity contribution in [3.8, 4) is 0 Å². The summed E-state index contributed by atoms with van der Waals surface area (Å²) in [6.07, 6.45) is 0. The van der Waals surface area contributed by atoms with Crippen LogP contribution in [0.2, 0.25) is 5.02 Å². The summed E-state index contributed by atoms with van der Waals surface area (Å²) in [5.41, 5.74) is 5.53. The van der Waals surface area contributed by atoms with Crippen molar-refractivity contribution in [1.29, 1.82) is 0 Å². The van der Waals surface area contributed by atoms with Crippen LogP contribution in [0.15, 0.2) is 18.2 Å². The zero-order valence-corrected chi connectivity index (χ0v) is 11.6. The number of amides is 1. The van der Waals surface area contributed by atoms with Gasteiger partial charge in [-0.1, -0.05) is 37.7 Å². The van der Waals surface area contributed by atoms with Gasteiger partial charge in [-0.3, -0.25) is 4.79 Å². The fourth-order valence-electron chi connectivity index (χ4n) is 1.56. The van der Waals surface area contributed by atoms with E-state index >= 15 is 0 Å². The Morgan fingerprint density at radius 2 is 2.11 bits per heavy atom. The summed E-state index contributed by atoms with van der Waals surface area (Å²) < 4.78 is 13.5. The van der Waals surface area contributed by atoms with Crippen LogP contribution in [0.5, 0.6) is 0 Å². The lowest BCUT2D eigenvalue weighted by Crippen LogP contribution is -2.36. The van der Waals surface area contributed by atoms with Gasteiger partial charge in [0.25, 0.3) is 0 Å². The van der Waals surface area contributed by atoms with E-state index < -0.39 is 17.6 Å². The number of thiocarbonyl (C=S) groups is 1. The van der Waals surface area contributed by atoms with Crippen LogP contribution in [0.25, 0.3) is 0 Å². The standard InChI is InChI=1S/C12H14ClFN2OS/c1-6(2)10(11(15)18)12(17)16-9-5-7(13)3-4-8(9)14/h3-6,10H,1-2H3,(H2,15,18)(H,16,17). The number of benzene rings is 1. The molecule has 0 saturated heterocycles. The number of halogens is 2. The van der Waals surface area contributed by atoms with E-state index in [2.05, 4.69) is 5.32 Å². The van der Waals surface area contributed by atoms with Gasteiger partial charge in [0.05, 0.1) is 16.6 Å². The van der Waals surface area contributed by atoms with E-state index in [1.54, 1.807) is 0 Å². The molecule has 0 heterocycles. The van der Waals surface area contributed by atoms with Gasteiger partial charge in [0.15, 0.2) is 0 Å². The van der Waals surface area contributed by atoms with Crippen molar-refractivity contribution in [3.05, 3.63) is 29.0 Å². The summed E-state index contributed by atoms with van der Waals surface area (Å²) >= 11 is 10.6. The third-order valence-electron chi connectivity index (χ3n) is 2.44. The highest BCUT2D eigenvalue weighted by Gasteiger charge is 2.25. The van der Waals surface area contributed by atoms with Gasteiger partial charge in [0, 0.05) is 5.02 Å². The number of hydrogen-bond donors (Lipinski definition) is 2. The Morgan fingerprint density at radius 1 is 1.50 bits per heavy atom. The summed E-state index contributed by atoms with van der Waals surface area (Å²) in [5.74, 6) is -1.69. The van der Waals surface area contributed by atoms with Crippen LogP contribution in [0.3, 0.4) is 0 Å². The number of carbonyl (C=O) groups excluding carboxylic acids is 1. The summed E-state index contributed by atoms with van der Waals surface area (Å²) in [6, 6.07) is 3.93. The molecular weight excluding hydrogens is 275 g/mol. The summed E-state index contributed by atoms with van der Waals surface area (Å²) in [7, 11) is 0. The molecular formula is C12H14ClFN2OS. The molecule has 1 amide bonds. The topological polar surface area (TPSA) is 55.1 Å². The zero-order chi connectivity index (χ0) is 13.9. The first-order valence-electron chi connectivity index (χ1n) is 5.38. The van der Waals surface area contributed by atoms with Gasteiger partial charge in [0.1, 0.15) is 5.82 Å². The molecule has 6 heteroatoms. The number of nitrogens with one attached hydrogen (secondary N) is 1. The molecule has 0 bridgehead atoms. The van der Waals surface area contributed by atoms with Crippen LogP contribution in [-0.2, 0) is 4.79 Å². The molecule has 0 fully saturated rings. The first kappa shape index (κ1) is 14.9. The predicted molar refractivity (Wildman–Crippen MR) is 75.2 cm³/mol. The molecule has 0 radical (unpaired) electrons.